The third-order valence-electron chi connectivity index (χ3n) is 1.64. The summed E-state index contributed by atoms with van der Waals surface area (Å²) in [6, 6.07) is 0. The molecule has 0 heterocycles. The van der Waals surface area contributed by atoms with E-state index in [0.717, 1.165) is 18.8 Å². The van der Waals surface area contributed by atoms with Crippen molar-refractivity contribution in [3.8, 4) is 0 Å². The number of carbonyl (C=O) groups is 1. The molecule has 5 heteroatoms. The molecule has 0 bridgehead atoms. The molecule has 0 unspecified atom stereocenters. The summed E-state index contributed by atoms with van der Waals surface area (Å²) in [7, 11) is 1.62. The van der Waals surface area contributed by atoms with Crippen LogP contribution in [0.5, 0.6) is 0 Å². The fourth-order valence-corrected chi connectivity index (χ4v) is 1.23. The van der Waals surface area contributed by atoms with Gasteiger partial charge in [-0.25, -0.2) is 0 Å². The number of amides is 1. The van der Waals surface area contributed by atoms with E-state index in [1.807, 2.05) is 0 Å². The molecular formula is C9H20N2O2S. The predicted octanol–water partition coefficient (Wildman–Crippen LogP) is 0.0917. The van der Waals surface area contributed by atoms with Gasteiger partial charge in [-0.15, -0.1) is 0 Å². The molecule has 14 heavy (non-hydrogen) atoms. The third kappa shape index (κ3) is 9.83. The van der Waals surface area contributed by atoms with Crippen molar-refractivity contribution in [3.63, 3.8) is 0 Å². The van der Waals surface area contributed by atoms with Gasteiger partial charge in [0.1, 0.15) is 0 Å². The zero-order valence-electron chi connectivity index (χ0n) is 8.97. The van der Waals surface area contributed by atoms with E-state index < -0.39 is 0 Å². The number of thioether (sulfide) groups is 1. The minimum atomic E-state index is 0.0821. The fourth-order valence-electron chi connectivity index (χ4n) is 0.882. The van der Waals surface area contributed by atoms with Crippen LogP contribution in [0.25, 0.3) is 0 Å². The van der Waals surface area contributed by atoms with Crippen molar-refractivity contribution >= 4 is 17.7 Å². The van der Waals surface area contributed by atoms with Gasteiger partial charge in [0.2, 0.25) is 5.91 Å². The summed E-state index contributed by atoms with van der Waals surface area (Å²) in [6.07, 6.45) is 2.61. The van der Waals surface area contributed by atoms with Gasteiger partial charge in [-0.2, -0.15) is 11.8 Å². The van der Waals surface area contributed by atoms with Crippen molar-refractivity contribution < 1.29 is 9.53 Å². The van der Waals surface area contributed by atoms with E-state index in [4.69, 9.17) is 4.74 Å². The lowest BCUT2D eigenvalue weighted by Gasteiger charge is -2.05. The van der Waals surface area contributed by atoms with E-state index in [1.54, 1.807) is 18.9 Å². The Morgan fingerprint density at radius 2 is 2.14 bits per heavy atom. The molecule has 0 radical (unpaired) electrons. The number of methoxy groups -OCH3 is 1. The van der Waals surface area contributed by atoms with Crippen molar-refractivity contribution in [1.29, 1.82) is 0 Å². The molecule has 0 aliphatic heterocycles. The van der Waals surface area contributed by atoms with E-state index in [-0.39, 0.29) is 5.91 Å². The second kappa shape index (κ2) is 10.8. The second-order valence-corrected chi connectivity index (χ2v) is 3.82. The molecule has 2 N–H and O–H groups in total. The second-order valence-electron chi connectivity index (χ2n) is 2.84. The van der Waals surface area contributed by atoms with Crippen LogP contribution in [0.3, 0.4) is 0 Å². The van der Waals surface area contributed by atoms with E-state index in [9.17, 15) is 4.79 Å². The summed E-state index contributed by atoms with van der Waals surface area (Å²) >= 11 is 1.80. The summed E-state index contributed by atoms with van der Waals surface area (Å²) in [5.41, 5.74) is 0. The number of rotatable bonds is 9. The van der Waals surface area contributed by atoms with Gasteiger partial charge >= 0.3 is 0 Å². The minimum Gasteiger partial charge on any atom is -0.383 e. The summed E-state index contributed by atoms with van der Waals surface area (Å²) in [6.45, 7) is 2.89. The summed E-state index contributed by atoms with van der Waals surface area (Å²) in [5, 5.41) is 5.96. The molecule has 0 spiro atoms. The maximum Gasteiger partial charge on any atom is 0.221 e. The Balaban J connectivity index is 3.10. The standard InChI is InChI=1S/C9H20N2O2S/c1-13-7-5-11-9(12)3-4-10-6-8-14-2/h10H,3-8H2,1-2H3,(H,11,12). The number of carbonyl (C=O) groups excluding carboxylic acids is 1. The average molecular weight is 220 g/mol. The number of nitrogens with one attached hydrogen (secondary N) is 2. The van der Waals surface area contributed by atoms with E-state index in [2.05, 4.69) is 16.9 Å². The third-order valence-corrected chi connectivity index (χ3v) is 2.25. The summed E-state index contributed by atoms with van der Waals surface area (Å²) in [4.78, 5) is 11.1. The Kier molecular flexibility index (Phi) is 10.6. The molecule has 0 aromatic heterocycles. The number of hydrogen-bond acceptors (Lipinski definition) is 4. The first-order chi connectivity index (χ1) is 6.81. The SMILES string of the molecule is COCCNC(=O)CCNCCSC. The molecule has 84 valence electrons. The maximum absolute atomic E-state index is 11.1. The van der Waals surface area contributed by atoms with Gasteiger partial charge in [0.05, 0.1) is 6.61 Å². The van der Waals surface area contributed by atoms with Crippen molar-refractivity contribution in [3.05, 3.63) is 0 Å². The molecule has 0 saturated carbocycles. The monoisotopic (exact) mass is 220 g/mol. The molecular weight excluding hydrogens is 200 g/mol. The topological polar surface area (TPSA) is 50.4 Å². The van der Waals surface area contributed by atoms with Gasteiger partial charge in [-0.3, -0.25) is 4.79 Å². The molecule has 0 aliphatic carbocycles. The molecule has 4 nitrogen and oxygen atoms in total. The highest BCUT2D eigenvalue weighted by atomic mass is 32.2. The first-order valence-corrected chi connectivity index (χ1v) is 6.16. The quantitative estimate of drug-likeness (QED) is 0.541. The molecule has 0 fully saturated rings. The van der Waals surface area contributed by atoms with Crippen LogP contribution in [0.1, 0.15) is 6.42 Å². The van der Waals surface area contributed by atoms with Crippen LogP contribution >= 0.6 is 11.8 Å². The van der Waals surface area contributed by atoms with Crippen LogP contribution < -0.4 is 10.6 Å². The average Bonchev–Trinajstić information content (AvgIpc) is 2.18. The number of ether oxygens (including phenoxy) is 1. The highest BCUT2D eigenvalue weighted by Crippen LogP contribution is 1.87. The smallest absolute Gasteiger partial charge is 0.221 e. The Bertz CT molecular complexity index is 145. The zero-order chi connectivity index (χ0) is 10.6. The molecule has 0 rings (SSSR count). The van der Waals surface area contributed by atoms with E-state index in [1.165, 1.54) is 0 Å². The normalized spacial score (nSPS) is 10.1. The van der Waals surface area contributed by atoms with E-state index in [0.29, 0.717) is 19.6 Å². The van der Waals surface area contributed by atoms with Crippen molar-refractivity contribution in [1.82, 2.24) is 10.6 Å². The molecule has 0 aliphatic rings. The van der Waals surface area contributed by atoms with Gasteiger partial charge in [0, 0.05) is 38.9 Å². The Morgan fingerprint density at radius 1 is 1.36 bits per heavy atom. The first kappa shape index (κ1) is 13.7. The van der Waals surface area contributed by atoms with Crippen LogP contribution in [-0.4, -0.2) is 51.3 Å². The lowest BCUT2D eigenvalue weighted by atomic mass is 10.4. The minimum absolute atomic E-state index is 0.0821. The van der Waals surface area contributed by atoms with Gasteiger partial charge < -0.3 is 15.4 Å². The lowest BCUT2D eigenvalue weighted by molar-refractivity contribution is -0.121. The Hall–Kier alpha value is -0.260. The molecule has 1 amide bonds. The van der Waals surface area contributed by atoms with Crippen molar-refractivity contribution in [2.75, 3.05) is 45.4 Å². The van der Waals surface area contributed by atoms with Crippen molar-refractivity contribution in [2.24, 2.45) is 0 Å². The highest BCUT2D eigenvalue weighted by Gasteiger charge is 1.98. The van der Waals surface area contributed by atoms with Gasteiger partial charge in [0.25, 0.3) is 0 Å². The molecule has 0 aromatic rings. The van der Waals surface area contributed by atoms with Crippen LogP contribution in [0.2, 0.25) is 0 Å². The predicted molar refractivity (Wildman–Crippen MR) is 60.8 cm³/mol. The first-order valence-electron chi connectivity index (χ1n) is 4.76. The Labute approximate surface area is 90.2 Å². The van der Waals surface area contributed by atoms with Crippen molar-refractivity contribution in [2.45, 2.75) is 6.42 Å². The van der Waals surface area contributed by atoms with Crippen LogP contribution in [-0.2, 0) is 9.53 Å². The molecule has 0 saturated heterocycles. The molecule has 0 atom stereocenters. The Morgan fingerprint density at radius 3 is 2.79 bits per heavy atom. The summed E-state index contributed by atoms with van der Waals surface area (Å²) < 4.78 is 4.82. The maximum atomic E-state index is 11.1. The largest absolute Gasteiger partial charge is 0.383 e. The van der Waals surface area contributed by atoms with Crippen LogP contribution in [0, 0.1) is 0 Å². The van der Waals surface area contributed by atoms with E-state index >= 15 is 0 Å². The zero-order valence-corrected chi connectivity index (χ0v) is 9.78. The summed E-state index contributed by atoms with van der Waals surface area (Å²) in [5.74, 6) is 1.17. The van der Waals surface area contributed by atoms with Gasteiger partial charge in [-0.05, 0) is 6.26 Å². The fraction of sp³-hybridized carbons (Fsp3) is 0.889. The van der Waals surface area contributed by atoms with Gasteiger partial charge in [-0.1, -0.05) is 0 Å². The van der Waals surface area contributed by atoms with Gasteiger partial charge in [0.15, 0.2) is 0 Å². The highest BCUT2D eigenvalue weighted by molar-refractivity contribution is 7.98. The number of hydrogen-bond donors (Lipinski definition) is 2. The van der Waals surface area contributed by atoms with Crippen LogP contribution in [0.4, 0.5) is 0 Å². The van der Waals surface area contributed by atoms with Crippen LogP contribution in [0.15, 0.2) is 0 Å². The lowest BCUT2D eigenvalue weighted by Crippen LogP contribution is -2.30. The molecule has 0 aromatic carbocycles.